The molecular weight excluding hydrogens is 176 g/mol. The van der Waals surface area contributed by atoms with Crippen molar-refractivity contribution >= 4 is 5.91 Å². The maximum absolute atomic E-state index is 11.4. The molecule has 2 unspecified atom stereocenters. The Morgan fingerprint density at radius 2 is 1.93 bits per heavy atom. The van der Waals surface area contributed by atoms with Crippen LogP contribution in [-0.4, -0.2) is 23.4 Å². The van der Waals surface area contributed by atoms with Crippen LogP contribution < -0.4 is 0 Å². The van der Waals surface area contributed by atoms with Crippen LogP contribution in [0.5, 0.6) is 0 Å². The van der Waals surface area contributed by atoms with E-state index >= 15 is 0 Å². The van der Waals surface area contributed by atoms with Crippen molar-refractivity contribution in [2.24, 2.45) is 5.92 Å². The minimum absolute atomic E-state index is 0.318. The molecule has 2 fully saturated rings. The molecule has 14 heavy (non-hydrogen) atoms. The Labute approximate surface area is 84.7 Å². The van der Waals surface area contributed by atoms with Gasteiger partial charge < -0.3 is 4.90 Å². The lowest BCUT2D eigenvalue weighted by atomic mass is 9.78. The quantitative estimate of drug-likeness (QED) is 0.548. The molecule has 76 valence electrons. The summed E-state index contributed by atoms with van der Waals surface area (Å²) in [4.78, 5) is 13.2. The summed E-state index contributed by atoms with van der Waals surface area (Å²) in [7, 11) is 0. The van der Waals surface area contributed by atoms with Crippen LogP contribution in [0.1, 0.15) is 38.5 Å². The number of hydrogen-bond acceptors (Lipinski definition) is 2. The minimum Gasteiger partial charge on any atom is -0.327 e. The summed E-state index contributed by atoms with van der Waals surface area (Å²) < 4.78 is 0. The van der Waals surface area contributed by atoms with Gasteiger partial charge in [-0.05, 0) is 31.6 Å². The number of rotatable bonds is 0. The maximum atomic E-state index is 11.4. The zero-order chi connectivity index (χ0) is 9.97. The van der Waals surface area contributed by atoms with E-state index in [1.807, 2.05) is 4.90 Å². The second-order valence-electron chi connectivity index (χ2n) is 4.36. The Balaban J connectivity index is 2.09. The van der Waals surface area contributed by atoms with Crippen molar-refractivity contribution < 1.29 is 4.79 Å². The molecule has 2 atom stereocenters. The molecule has 0 N–H and O–H groups in total. The standard InChI is InChI=1S/C11H16N2O/c12-8-11(14)13-7-3-5-9-4-1-2-6-10(9)13/h9-10H,1-7H2. The Bertz CT molecular complexity index is 267. The highest BCUT2D eigenvalue weighted by molar-refractivity contribution is 5.91. The highest BCUT2D eigenvalue weighted by Gasteiger charge is 2.35. The van der Waals surface area contributed by atoms with Gasteiger partial charge in [0.25, 0.3) is 0 Å². The SMILES string of the molecule is N#CC(=O)N1CCCC2CCCCC21. The van der Waals surface area contributed by atoms with Gasteiger partial charge in [0.2, 0.25) is 0 Å². The molecule has 3 heteroatoms. The Morgan fingerprint density at radius 3 is 2.71 bits per heavy atom. The second-order valence-corrected chi connectivity index (χ2v) is 4.36. The van der Waals surface area contributed by atoms with Crippen molar-refractivity contribution in [3.63, 3.8) is 0 Å². The molecular formula is C11H16N2O. The fourth-order valence-corrected chi connectivity index (χ4v) is 2.94. The number of fused-ring (bicyclic) bond motifs is 1. The van der Waals surface area contributed by atoms with Crippen LogP contribution in [0.4, 0.5) is 0 Å². The number of carbonyl (C=O) groups is 1. The number of nitriles is 1. The molecule has 2 aliphatic rings. The second kappa shape index (κ2) is 4.00. The van der Waals surface area contributed by atoms with E-state index in [0.29, 0.717) is 12.0 Å². The van der Waals surface area contributed by atoms with Crippen LogP contribution in [0.15, 0.2) is 0 Å². The minimum atomic E-state index is -0.318. The van der Waals surface area contributed by atoms with Gasteiger partial charge >= 0.3 is 5.91 Å². The van der Waals surface area contributed by atoms with Gasteiger partial charge in [0.05, 0.1) is 0 Å². The zero-order valence-electron chi connectivity index (χ0n) is 8.41. The van der Waals surface area contributed by atoms with Crippen LogP contribution in [0.2, 0.25) is 0 Å². The summed E-state index contributed by atoms with van der Waals surface area (Å²) in [5.74, 6) is 0.358. The first-order chi connectivity index (χ1) is 6.83. The van der Waals surface area contributed by atoms with E-state index in [0.717, 1.165) is 19.4 Å². The van der Waals surface area contributed by atoms with Crippen molar-refractivity contribution in [1.29, 1.82) is 5.26 Å². The van der Waals surface area contributed by atoms with E-state index < -0.39 is 0 Å². The van der Waals surface area contributed by atoms with Crippen LogP contribution in [0.25, 0.3) is 0 Å². The van der Waals surface area contributed by atoms with Gasteiger partial charge in [-0.2, -0.15) is 5.26 Å². The average molecular weight is 192 g/mol. The highest BCUT2D eigenvalue weighted by Crippen LogP contribution is 2.35. The van der Waals surface area contributed by atoms with Gasteiger partial charge in [-0.1, -0.05) is 12.8 Å². The molecule has 1 saturated heterocycles. The average Bonchev–Trinajstić information content (AvgIpc) is 2.27. The van der Waals surface area contributed by atoms with Gasteiger partial charge in [0.15, 0.2) is 6.07 Å². The summed E-state index contributed by atoms with van der Waals surface area (Å²) in [6.45, 7) is 0.799. The first-order valence-corrected chi connectivity index (χ1v) is 5.53. The van der Waals surface area contributed by atoms with Crippen molar-refractivity contribution in [3.8, 4) is 6.07 Å². The van der Waals surface area contributed by atoms with Gasteiger partial charge in [0.1, 0.15) is 0 Å². The first-order valence-electron chi connectivity index (χ1n) is 5.53. The summed E-state index contributed by atoms with van der Waals surface area (Å²) in [5, 5.41) is 8.64. The predicted molar refractivity (Wildman–Crippen MR) is 52.3 cm³/mol. The molecule has 0 radical (unpaired) electrons. The number of hydrogen-bond donors (Lipinski definition) is 0. The predicted octanol–water partition coefficient (Wildman–Crippen LogP) is 1.69. The molecule has 0 aromatic rings. The van der Waals surface area contributed by atoms with Crippen molar-refractivity contribution in [1.82, 2.24) is 4.90 Å². The molecule has 1 aliphatic heterocycles. The maximum Gasteiger partial charge on any atom is 0.325 e. The number of nitrogens with zero attached hydrogens (tertiary/aromatic N) is 2. The van der Waals surface area contributed by atoms with E-state index in [2.05, 4.69) is 0 Å². The summed E-state index contributed by atoms with van der Waals surface area (Å²) in [6.07, 6.45) is 7.21. The zero-order valence-corrected chi connectivity index (χ0v) is 8.41. The molecule has 0 bridgehead atoms. The molecule has 2 rings (SSSR count). The molecule has 0 spiro atoms. The normalized spacial score (nSPS) is 31.8. The first kappa shape index (κ1) is 9.51. The highest BCUT2D eigenvalue weighted by atomic mass is 16.2. The molecule has 1 aliphatic carbocycles. The van der Waals surface area contributed by atoms with Gasteiger partial charge in [-0.25, -0.2) is 0 Å². The number of likely N-dealkylation sites (tertiary alicyclic amines) is 1. The van der Waals surface area contributed by atoms with Crippen molar-refractivity contribution in [3.05, 3.63) is 0 Å². The van der Waals surface area contributed by atoms with Gasteiger partial charge in [-0.3, -0.25) is 4.79 Å². The van der Waals surface area contributed by atoms with Crippen LogP contribution in [0, 0.1) is 17.2 Å². The van der Waals surface area contributed by atoms with E-state index in [4.69, 9.17) is 5.26 Å². The van der Waals surface area contributed by atoms with E-state index in [-0.39, 0.29) is 5.91 Å². The monoisotopic (exact) mass is 192 g/mol. The molecule has 0 aromatic carbocycles. The van der Waals surface area contributed by atoms with Crippen LogP contribution in [-0.2, 0) is 4.79 Å². The molecule has 3 nitrogen and oxygen atoms in total. The fourth-order valence-electron chi connectivity index (χ4n) is 2.94. The van der Waals surface area contributed by atoms with E-state index in [1.54, 1.807) is 6.07 Å². The molecule has 1 heterocycles. The lowest BCUT2D eigenvalue weighted by molar-refractivity contribution is -0.131. The van der Waals surface area contributed by atoms with Crippen molar-refractivity contribution in [2.45, 2.75) is 44.6 Å². The van der Waals surface area contributed by atoms with Gasteiger partial charge in [-0.15, -0.1) is 0 Å². The number of carbonyl (C=O) groups excluding carboxylic acids is 1. The Morgan fingerprint density at radius 1 is 1.21 bits per heavy atom. The number of piperidine rings is 1. The van der Waals surface area contributed by atoms with Crippen LogP contribution in [0.3, 0.4) is 0 Å². The third-order valence-electron chi connectivity index (χ3n) is 3.60. The van der Waals surface area contributed by atoms with E-state index in [1.165, 1.54) is 25.7 Å². The molecule has 0 aromatic heterocycles. The lowest BCUT2D eigenvalue weighted by Crippen LogP contribution is -2.49. The van der Waals surface area contributed by atoms with Crippen molar-refractivity contribution in [2.75, 3.05) is 6.54 Å². The van der Waals surface area contributed by atoms with Gasteiger partial charge in [0, 0.05) is 12.6 Å². The third-order valence-corrected chi connectivity index (χ3v) is 3.60. The topological polar surface area (TPSA) is 44.1 Å². The molecule has 1 saturated carbocycles. The largest absolute Gasteiger partial charge is 0.327 e. The fraction of sp³-hybridized carbons (Fsp3) is 0.818. The smallest absolute Gasteiger partial charge is 0.325 e. The molecule has 1 amide bonds. The Kier molecular flexibility index (Phi) is 2.72. The summed E-state index contributed by atoms with van der Waals surface area (Å²) in [5.41, 5.74) is 0. The third kappa shape index (κ3) is 1.61. The number of amides is 1. The van der Waals surface area contributed by atoms with Crippen LogP contribution >= 0.6 is 0 Å². The lowest BCUT2D eigenvalue weighted by Gasteiger charge is -2.42. The van der Waals surface area contributed by atoms with E-state index in [9.17, 15) is 4.79 Å². The summed E-state index contributed by atoms with van der Waals surface area (Å²) >= 11 is 0. The summed E-state index contributed by atoms with van der Waals surface area (Å²) in [6, 6.07) is 2.13. The Hall–Kier alpha value is -1.04.